The van der Waals surface area contributed by atoms with Crippen molar-refractivity contribution in [3.8, 4) is 28.6 Å². The molecular weight excluding hydrogens is 420 g/mol. The van der Waals surface area contributed by atoms with Gasteiger partial charge in [-0.25, -0.2) is 0 Å². The average Bonchev–Trinajstić information content (AvgIpc) is 2.81. The minimum absolute atomic E-state index is 0.225. The Bertz CT molecular complexity index is 978. The molecule has 1 aliphatic heterocycles. The van der Waals surface area contributed by atoms with Crippen molar-refractivity contribution in [1.29, 1.82) is 0 Å². The summed E-state index contributed by atoms with van der Waals surface area (Å²) in [5.41, 5.74) is 2.77. The van der Waals surface area contributed by atoms with Gasteiger partial charge in [-0.3, -0.25) is 0 Å². The lowest BCUT2D eigenvalue weighted by Gasteiger charge is -2.20. The van der Waals surface area contributed by atoms with Crippen LogP contribution in [-0.4, -0.2) is 31.7 Å². The number of thioether (sulfide) groups is 1. The molecule has 0 spiro atoms. The molecule has 0 radical (unpaired) electrons. The van der Waals surface area contributed by atoms with Gasteiger partial charge in [0.15, 0.2) is 23.4 Å². The van der Waals surface area contributed by atoms with Crippen molar-refractivity contribution in [2.24, 2.45) is 0 Å². The molecule has 0 fully saturated rings. The molecule has 9 heteroatoms. The van der Waals surface area contributed by atoms with E-state index in [-0.39, 0.29) is 11.5 Å². The predicted octanol–water partition coefficient (Wildman–Crippen LogP) is 3.94. The van der Waals surface area contributed by atoms with Gasteiger partial charge in [-0.05, 0) is 40.4 Å². The Morgan fingerprint density at radius 2 is 2.00 bits per heavy atom. The van der Waals surface area contributed by atoms with E-state index in [0.717, 1.165) is 11.3 Å². The summed E-state index contributed by atoms with van der Waals surface area (Å²) in [4.78, 5) is 4.43. The largest absolute Gasteiger partial charge is 0.504 e. The molecule has 3 N–H and O–H groups in total. The van der Waals surface area contributed by atoms with Crippen LogP contribution in [0.1, 0.15) is 11.8 Å². The predicted molar refractivity (Wildman–Crippen MR) is 102 cm³/mol. The van der Waals surface area contributed by atoms with E-state index in [0.29, 0.717) is 26.8 Å². The summed E-state index contributed by atoms with van der Waals surface area (Å²) in [7, 11) is 0. The van der Waals surface area contributed by atoms with E-state index in [1.54, 1.807) is 6.07 Å². The zero-order chi connectivity index (χ0) is 18.3. The van der Waals surface area contributed by atoms with Crippen LogP contribution in [0.15, 0.2) is 46.0 Å². The van der Waals surface area contributed by atoms with Crippen molar-refractivity contribution >= 4 is 33.4 Å². The SMILES string of the molecule is CSc1nnc2c(n1)OC(c1cc(O)c(O)c(Br)c1)Nc1ccccc1-2. The first-order valence-corrected chi connectivity index (χ1v) is 9.61. The number of aromatic hydroxyl groups is 2. The van der Waals surface area contributed by atoms with Crippen LogP contribution in [0.2, 0.25) is 0 Å². The molecule has 1 aliphatic rings. The van der Waals surface area contributed by atoms with E-state index in [1.165, 1.54) is 17.8 Å². The fourth-order valence-corrected chi connectivity index (χ4v) is 3.41. The van der Waals surface area contributed by atoms with Gasteiger partial charge in [0.05, 0.1) is 4.47 Å². The fourth-order valence-electron chi connectivity index (χ4n) is 2.64. The maximum Gasteiger partial charge on any atom is 0.247 e. The van der Waals surface area contributed by atoms with Gasteiger partial charge in [-0.2, -0.15) is 4.98 Å². The van der Waals surface area contributed by atoms with Gasteiger partial charge in [-0.1, -0.05) is 30.0 Å². The van der Waals surface area contributed by atoms with Gasteiger partial charge in [0.2, 0.25) is 11.0 Å². The molecule has 0 aliphatic carbocycles. The van der Waals surface area contributed by atoms with Crippen molar-refractivity contribution in [3.63, 3.8) is 0 Å². The molecule has 0 saturated heterocycles. The number of phenolic OH excluding ortho intramolecular Hbond substituents is 2. The van der Waals surface area contributed by atoms with E-state index in [9.17, 15) is 10.2 Å². The molecule has 0 amide bonds. The molecule has 4 rings (SSSR count). The standard InChI is InChI=1S/C17H13BrN4O3S/c1-26-17-20-16-13(21-22-17)9-4-2-3-5-11(9)19-15(25-16)8-6-10(18)14(24)12(23)7-8/h2-7,15,19,23-24H,1H3. The Balaban J connectivity index is 1.87. The topological polar surface area (TPSA) is 100 Å². The van der Waals surface area contributed by atoms with Gasteiger partial charge >= 0.3 is 0 Å². The minimum atomic E-state index is -0.647. The molecule has 3 aromatic rings. The molecule has 132 valence electrons. The number of phenols is 2. The van der Waals surface area contributed by atoms with Gasteiger partial charge in [0.1, 0.15) is 0 Å². The highest BCUT2D eigenvalue weighted by Gasteiger charge is 2.27. The molecule has 0 saturated carbocycles. The van der Waals surface area contributed by atoms with Gasteiger partial charge in [0.25, 0.3) is 0 Å². The number of anilines is 1. The quantitative estimate of drug-likeness (QED) is 0.413. The van der Waals surface area contributed by atoms with Crippen LogP contribution in [0.3, 0.4) is 0 Å². The van der Waals surface area contributed by atoms with E-state index in [1.807, 2.05) is 30.5 Å². The highest BCUT2D eigenvalue weighted by atomic mass is 79.9. The summed E-state index contributed by atoms with van der Waals surface area (Å²) < 4.78 is 6.43. The van der Waals surface area contributed by atoms with Crippen molar-refractivity contribution in [1.82, 2.24) is 15.2 Å². The number of rotatable bonds is 2. The number of aromatic nitrogens is 3. The number of hydrogen-bond acceptors (Lipinski definition) is 8. The summed E-state index contributed by atoms with van der Waals surface area (Å²) in [6.07, 6.45) is 1.21. The Morgan fingerprint density at radius 1 is 1.19 bits per heavy atom. The molecule has 2 aromatic carbocycles. The third-order valence-electron chi connectivity index (χ3n) is 3.88. The van der Waals surface area contributed by atoms with E-state index < -0.39 is 6.23 Å². The van der Waals surface area contributed by atoms with Crippen molar-refractivity contribution in [2.75, 3.05) is 11.6 Å². The fraction of sp³-hybridized carbons (Fsp3) is 0.118. The Labute approximate surface area is 161 Å². The Hall–Kier alpha value is -2.52. The monoisotopic (exact) mass is 432 g/mol. The summed E-state index contributed by atoms with van der Waals surface area (Å²) in [5.74, 6) is -0.129. The minimum Gasteiger partial charge on any atom is -0.504 e. The van der Waals surface area contributed by atoms with Crippen LogP contribution in [-0.2, 0) is 0 Å². The lowest BCUT2D eigenvalue weighted by atomic mass is 10.1. The number of para-hydroxylation sites is 1. The number of fused-ring (bicyclic) bond motifs is 3. The third kappa shape index (κ3) is 2.93. The second-order valence-electron chi connectivity index (χ2n) is 5.51. The first-order valence-electron chi connectivity index (χ1n) is 7.59. The van der Waals surface area contributed by atoms with Crippen LogP contribution < -0.4 is 10.1 Å². The van der Waals surface area contributed by atoms with E-state index in [4.69, 9.17) is 4.74 Å². The number of nitrogens with one attached hydrogen (secondary N) is 1. The van der Waals surface area contributed by atoms with Crippen molar-refractivity contribution in [2.45, 2.75) is 11.4 Å². The van der Waals surface area contributed by atoms with E-state index >= 15 is 0 Å². The molecule has 2 heterocycles. The summed E-state index contributed by atoms with van der Waals surface area (Å²) in [6.45, 7) is 0. The normalized spacial score (nSPS) is 15.2. The van der Waals surface area contributed by atoms with Crippen LogP contribution in [0.4, 0.5) is 5.69 Å². The molecule has 1 aromatic heterocycles. The maximum absolute atomic E-state index is 9.95. The molecular formula is C17H13BrN4O3S. The number of nitrogens with zero attached hydrogens (tertiary/aromatic N) is 3. The first kappa shape index (κ1) is 16.9. The third-order valence-corrected chi connectivity index (χ3v) is 5.03. The Morgan fingerprint density at radius 3 is 2.77 bits per heavy atom. The molecule has 1 unspecified atom stereocenters. The van der Waals surface area contributed by atoms with Crippen molar-refractivity contribution < 1.29 is 14.9 Å². The lowest BCUT2D eigenvalue weighted by Crippen LogP contribution is -2.17. The van der Waals surface area contributed by atoms with Crippen LogP contribution in [0.25, 0.3) is 11.3 Å². The number of ether oxygens (including phenoxy) is 1. The molecule has 1 atom stereocenters. The summed E-state index contributed by atoms with van der Waals surface area (Å²) >= 11 is 4.60. The number of benzene rings is 2. The van der Waals surface area contributed by atoms with Gasteiger partial charge in [0, 0.05) is 16.8 Å². The number of hydrogen-bond donors (Lipinski definition) is 3. The van der Waals surface area contributed by atoms with Crippen molar-refractivity contribution in [3.05, 3.63) is 46.4 Å². The summed E-state index contributed by atoms with van der Waals surface area (Å²) in [6, 6.07) is 10.7. The van der Waals surface area contributed by atoms with Crippen LogP contribution >= 0.6 is 27.7 Å². The van der Waals surface area contributed by atoms with Gasteiger partial charge in [-0.15, -0.1) is 10.2 Å². The second-order valence-corrected chi connectivity index (χ2v) is 7.14. The van der Waals surface area contributed by atoms with Crippen LogP contribution in [0, 0.1) is 0 Å². The Kier molecular flexibility index (Phi) is 4.33. The highest BCUT2D eigenvalue weighted by molar-refractivity contribution is 9.10. The number of halogens is 1. The lowest BCUT2D eigenvalue weighted by molar-refractivity contribution is 0.224. The zero-order valence-electron chi connectivity index (χ0n) is 13.5. The second kappa shape index (κ2) is 6.65. The highest BCUT2D eigenvalue weighted by Crippen LogP contribution is 2.42. The zero-order valence-corrected chi connectivity index (χ0v) is 15.9. The summed E-state index contributed by atoms with van der Waals surface area (Å²) in [5, 5.41) is 31.9. The van der Waals surface area contributed by atoms with Gasteiger partial charge < -0.3 is 20.3 Å². The van der Waals surface area contributed by atoms with Crippen LogP contribution in [0.5, 0.6) is 17.4 Å². The maximum atomic E-state index is 9.95. The molecule has 26 heavy (non-hydrogen) atoms. The van der Waals surface area contributed by atoms with E-state index in [2.05, 4.69) is 36.4 Å². The first-order chi connectivity index (χ1) is 12.6. The molecule has 7 nitrogen and oxygen atoms in total. The smallest absolute Gasteiger partial charge is 0.247 e. The average molecular weight is 433 g/mol. The molecule has 0 bridgehead atoms.